The van der Waals surface area contributed by atoms with E-state index >= 15 is 0 Å². The third-order valence-electron chi connectivity index (χ3n) is 4.59. The number of aryl methyl sites for hydroxylation is 1. The van der Waals surface area contributed by atoms with Crippen molar-refractivity contribution in [3.63, 3.8) is 0 Å². The molecule has 0 spiro atoms. The predicted molar refractivity (Wildman–Crippen MR) is 78.7 cm³/mol. The number of fused-ring (bicyclic) bond motifs is 1. The Morgan fingerprint density at radius 1 is 1.20 bits per heavy atom. The molecule has 1 unspecified atom stereocenters. The molecular formula is C17H23NO2. The van der Waals surface area contributed by atoms with Crippen molar-refractivity contribution in [1.29, 1.82) is 0 Å². The molecule has 1 atom stereocenters. The van der Waals surface area contributed by atoms with Crippen LogP contribution < -0.4 is 0 Å². The zero-order valence-corrected chi connectivity index (χ0v) is 11.9. The molecule has 20 heavy (non-hydrogen) atoms. The Balaban J connectivity index is 1.84. The van der Waals surface area contributed by atoms with E-state index < -0.39 is 5.97 Å². The lowest BCUT2D eigenvalue weighted by Gasteiger charge is -2.32. The molecule has 3 rings (SSSR count). The standard InChI is InChI=1S/C17H23NO2/c19-17(20)11-12-18(14-9-10-14)16-8-4-2-6-13-5-1-3-7-15(13)16/h1,3,5,7,14,16H,2,4,6,8-12H2,(H,19,20). The zero-order chi connectivity index (χ0) is 13.9. The number of hydrogen-bond donors (Lipinski definition) is 1. The van der Waals surface area contributed by atoms with Crippen LogP contribution in [-0.2, 0) is 11.2 Å². The second-order valence-corrected chi connectivity index (χ2v) is 6.07. The Morgan fingerprint density at radius 2 is 2.00 bits per heavy atom. The summed E-state index contributed by atoms with van der Waals surface area (Å²) in [4.78, 5) is 13.4. The van der Waals surface area contributed by atoms with Crippen LogP contribution in [0, 0.1) is 0 Å². The van der Waals surface area contributed by atoms with Crippen LogP contribution in [0.4, 0.5) is 0 Å². The van der Waals surface area contributed by atoms with Gasteiger partial charge in [0.25, 0.3) is 0 Å². The molecule has 1 fully saturated rings. The summed E-state index contributed by atoms with van der Waals surface area (Å²) in [5.41, 5.74) is 2.92. The van der Waals surface area contributed by atoms with Gasteiger partial charge in [-0.3, -0.25) is 9.69 Å². The summed E-state index contributed by atoms with van der Waals surface area (Å²) >= 11 is 0. The van der Waals surface area contributed by atoms with E-state index in [1.54, 1.807) is 0 Å². The van der Waals surface area contributed by atoms with E-state index in [-0.39, 0.29) is 6.42 Å². The van der Waals surface area contributed by atoms with Crippen molar-refractivity contribution in [2.75, 3.05) is 6.54 Å². The third kappa shape index (κ3) is 3.04. The quantitative estimate of drug-likeness (QED) is 0.836. The molecule has 0 aliphatic heterocycles. The number of carbonyl (C=O) groups is 1. The highest BCUT2D eigenvalue weighted by Gasteiger charge is 2.35. The summed E-state index contributed by atoms with van der Waals surface area (Å²) in [5, 5.41) is 8.99. The summed E-state index contributed by atoms with van der Waals surface area (Å²) in [6.45, 7) is 0.693. The van der Waals surface area contributed by atoms with Gasteiger partial charge in [-0.25, -0.2) is 0 Å². The van der Waals surface area contributed by atoms with Gasteiger partial charge >= 0.3 is 5.97 Å². The first-order valence-electron chi connectivity index (χ1n) is 7.81. The van der Waals surface area contributed by atoms with E-state index in [9.17, 15) is 4.79 Å². The Hall–Kier alpha value is -1.35. The monoisotopic (exact) mass is 273 g/mol. The van der Waals surface area contributed by atoms with Gasteiger partial charge in [-0.1, -0.05) is 30.7 Å². The van der Waals surface area contributed by atoms with E-state index in [1.165, 1.54) is 49.7 Å². The minimum absolute atomic E-state index is 0.259. The van der Waals surface area contributed by atoms with Crippen LogP contribution in [0.5, 0.6) is 0 Å². The fraction of sp³-hybridized carbons (Fsp3) is 0.588. The summed E-state index contributed by atoms with van der Waals surface area (Å²) < 4.78 is 0. The highest BCUT2D eigenvalue weighted by Crippen LogP contribution is 2.39. The van der Waals surface area contributed by atoms with Crippen LogP contribution in [0.25, 0.3) is 0 Å². The number of benzene rings is 1. The van der Waals surface area contributed by atoms with Crippen molar-refractivity contribution >= 4 is 5.97 Å². The largest absolute Gasteiger partial charge is 0.481 e. The van der Waals surface area contributed by atoms with Gasteiger partial charge in [-0.05, 0) is 43.2 Å². The van der Waals surface area contributed by atoms with Gasteiger partial charge in [-0.2, -0.15) is 0 Å². The van der Waals surface area contributed by atoms with Crippen molar-refractivity contribution in [2.24, 2.45) is 0 Å². The number of aliphatic carboxylic acids is 1. The van der Waals surface area contributed by atoms with E-state index in [1.807, 2.05) is 0 Å². The molecule has 1 N–H and O–H groups in total. The maximum Gasteiger partial charge on any atom is 0.304 e. The first-order chi connectivity index (χ1) is 9.75. The fourth-order valence-corrected chi connectivity index (χ4v) is 3.46. The highest BCUT2D eigenvalue weighted by atomic mass is 16.4. The Kier molecular flexibility index (Phi) is 4.06. The molecule has 1 aromatic carbocycles. The number of rotatable bonds is 5. The lowest BCUT2D eigenvalue weighted by molar-refractivity contribution is -0.137. The van der Waals surface area contributed by atoms with Gasteiger partial charge in [0.15, 0.2) is 0 Å². The first-order valence-corrected chi connectivity index (χ1v) is 7.81. The third-order valence-corrected chi connectivity index (χ3v) is 4.59. The fourth-order valence-electron chi connectivity index (χ4n) is 3.46. The van der Waals surface area contributed by atoms with Crippen molar-refractivity contribution in [1.82, 2.24) is 4.90 Å². The van der Waals surface area contributed by atoms with E-state index in [0.29, 0.717) is 18.6 Å². The zero-order valence-electron chi connectivity index (χ0n) is 11.9. The topological polar surface area (TPSA) is 40.5 Å². The second kappa shape index (κ2) is 5.96. The van der Waals surface area contributed by atoms with Crippen LogP contribution in [0.2, 0.25) is 0 Å². The molecule has 0 aromatic heterocycles. The molecule has 0 heterocycles. The van der Waals surface area contributed by atoms with Crippen LogP contribution in [0.3, 0.4) is 0 Å². The minimum Gasteiger partial charge on any atom is -0.481 e. The van der Waals surface area contributed by atoms with Gasteiger partial charge in [0.1, 0.15) is 0 Å². The van der Waals surface area contributed by atoms with Gasteiger partial charge in [0.2, 0.25) is 0 Å². The second-order valence-electron chi connectivity index (χ2n) is 6.07. The Morgan fingerprint density at radius 3 is 2.75 bits per heavy atom. The summed E-state index contributed by atoms with van der Waals surface area (Å²) in [6, 6.07) is 9.79. The Bertz CT molecular complexity index is 482. The van der Waals surface area contributed by atoms with Crippen molar-refractivity contribution in [3.05, 3.63) is 35.4 Å². The van der Waals surface area contributed by atoms with Gasteiger partial charge in [-0.15, -0.1) is 0 Å². The number of carboxylic acid groups (broad SMARTS) is 1. The molecule has 1 saturated carbocycles. The lowest BCUT2D eigenvalue weighted by Crippen LogP contribution is -2.33. The van der Waals surface area contributed by atoms with E-state index in [2.05, 4.69) is 29.2 Å². The van der Waals surface area contributed by atoms with Crippen molar-refractivity contribution < 1.29 is 9.90 Å². The SMILES string of the molecule is O=C(O)CCN(C1CC1)C1CCCCc2ccccc21. The van der Waals surface area contributed by atoms with Crippen molar-refractivity contribution in [2.45, 2.75) is 57.0 Å². The van der Waals surface area contributed by atoms with Crippen LogP contribution in [0.15, 0.2) is 24.3 Å². The van der Waals surface area contributed by atoms with E-state index in [0.717, 1.165) is 0 Å². The molecule has 2 aliphatic carbocycles. The highest BCUT2D eigenvalue weighted by molar-refractivity contribution is 5.66. The van der Waals surface area contributed by atoms with Gasteiger partial charge in [0, 0.05) is 18.6 Å². The maximum atomic E-state index is 10.9. The molecule has 0 amide bonds. The van der Waals surface area contributed by atoms with Crippen LogP contribution >= 0.6 is 0 Å². The molecule has 3 heteroatoms. The smallest absolute Gasteiger partial charge is 0.304 e. The minimum atomic E-state index is -0.683. The molecule has 108 valence electrons. The maximum absolute atomic E-state index is 10.9. The average Bonchev–Trinajstić information content (AvgIpc) is 3.26. The predicted octanol–water partition coefficient (Wildman–Crippen LogP) is 3.39. The lowest BCUT2D eigenvalue weighted by atomic mass is 9.97. The molecular weight excluding hydrogens is 250 g/mol. The first kappa shape index (κ1) is 13.6. The number of nitrogens with zero attached hydrogens (tertiary/aromatic N) is 1. The Labute approximate surface area is 120 Å². The molecule has 0 radical (unpaired) electrons. The van der Waals surface area contributed by atoms with Crippen LogP contribution in [-0.4, -0.2) is 28.6 Å². The molecule has 3 nitrogen and oxygen atoms in total. The molecule has 1 aromatic rings. The van der Waals surface area contributed by atoms with Crippen LogP contribution in [0.1, 0.15) is 55.7 Å². The normalized spacial score (nSPS) is 22.4. The average molecular weight is 273 g/mol. The molecule has 0 saturated heterocycles. The number of carboxylic acids is 1. The van der Waals surface area contributed by atoms with Crippen molar-refractivity contribution in [3.8, 4) is 0 Å². The number of hydrogen-bond acceptors (Lipinski definition) is 2. The van der Waals surface area contributed by atoms with Gasteiger partial charge < -0.3 is 5.11 Å². The van der Waals surface area contributed by atoms with E-state index in [4.69, 9.17) is 5.11 Å². The molecule has 0 bridgehead atoms. The summed E-state index contributed by atoms with van der Waals surface area (Å²) in [7, 11) is 0. The van der Waals surface area contributed by atoms with Gasteiger partial charge in [0.05, 0.1) is 6.42 Å². The summed E-state index contributed by atoms with van der Waals surface area (Å²) in [6.07, 6.45) is 7.57. The molecule has 2 aliphatic rings. The summed E-state index contributed by atoms with van der Waals surface area (Å²) in [5.74, 6) is -0.683.